The fourth-order valence-corrected chi connectivity index (χ4v) is 1.47. The smallest absolute Gasteiger partial charge is 0.178 e. The maximum Gasteiger partial charge on any atom is 0.178 e. The van der Waals surface area contributed by atoms with Crippen LogP contribution in [0.3, 0.4) is 0 Å². The van der Waals surface area contributed by atoms with Crippen LogP contribution in [0.1, 0.15) is 13.8 Å². The topological polar surface area (TPSA) is 26.3 Å². The van der Waals surface area contributed by atoms with Crippen molar-refractivity contribution in [1.29, 1.82) is 0 Å². The van der Waals surface area contributed by atoms with Crippen LogP contribution < -0.4 is 4.74 Å². The van der Waals surface area contributed by atoms with Crippen LogP contribution in [0, 0.1) is 5.41 Å². The van der Waals surface area contributed by atoms with Gasteiger partial charge in [-0.1, -0.05) is 37.0 Å². The average Bonchev–Trinajstić information content (AvgIpc) is 2.27. The summed E-state index contributed by atoms with van der Waals surface area (Å²) in [5, 5.41) is 0.807. The second-order valence-corrected chi connectivity index (χ2v) is 5.15. The van der Waals surface area contributed by atoms with Crippen molar-refractivity contribution in [2.75, 3.05) is 13.3 Å². The fourth-order valence-electron chi connectivity index (χ4n) is 1.01. The summed E-state index contributed by atoms with van der Waals surface area (Å²) in [7, 11) is 0. The van der Waals surface area contributed by atoms with Gasteiger partial charge in [-0.25, -0.2) is 0 Å². The number of carbonyl (C=O) groups excluding carboxylic acids is 1. The van der Waals surface area contributed by atoms with E-state index in [-0.39, 0.29) is 12.4 Å². The summed E-state index contributed by atoms with van der Waals surface area (Å²) in [6, 6.07) is 4.69. The van der Waals surface area contributed by atoms with Gasteiger partial charge >= 0.3 is 0 Å². The first kappa shape index (κ1) is 14.3. The van der Waals surface area contributed by atoms with E-state index in [0.29, 0.717) is 15.8 Å². The van der Waals surface area contributed by atoms with Crippen LogP contribution >= 0.6 is 23.2 Å². The second-order valence-electron chi connectivity index (χ2n) is 4.30. The number of benzene rings is 1. The third-order valence-corrected chi connectivity index (χ3v) is 2.87. The summed E-state index contributed by atoms with van der Waals surface area (Å²) in [6.45, 7) is 2.13. The van der Waals surface area contributed by atoms with Crippen LogP contribution in [-0.2, 0) is 4.79 Å². The van der Waals surface area contributed by atoms with Crippen LogP contribution in [-0.4, -0.2) is 19.1 Å². The van der Waals surface area contributed by atoms with E-state index in [2.05, 4.69) is 0 Å². The molecule has 0 bridgehead atoms. The molecule has 1 rings (SSSR count). The predicted molar refractivity (Wildman–Crippen MR) is 66.7 cm³/mol. The molecule has 0 spiro atoms. The first-order valence-corrected chi connectivity index (χ1v) is 5.79. The molecule has 0 aromatic heterocycles. The molecule has 0 aliphatic rings. The van der Waals surface area contributed by atoms with Gasteiger partial charge in [0, 0.05) is 5.02 Å². The van der Waals surface area contributed by atoms with E-state index in [4.69, 9.17) is 27.9 Å². The first-order valence-electron chi connectivity index (χ1n) is 5.04. The third kappa shape index (κ3) is 3.86. The van der Waals surface area contributed by atoms with Crippen LogP contribution in [0.15, 0.2) is 18.2 Å². The van der Waals surface area contributed by atoms with Crippen LogP contribution in [0.5, 0.6) is 5.75 Å². The first-order chi connectivity index (χ1) is 7.86. The largest absolute Gasteiger partial charge is 0.484 e. The zero-order valence-electron chi connectivity index (χ0n) is 9.60. The predicted octanol–water partition coefficient (Wildman–Crippen LogP) is 3.94. The second kappa shape index (κ2) is 5.69. The summed E-state index contributed by atoms with van der Waals surface area (Å²) in [5.74, 6) is 0.0464. The van der Waals surface area contributed by atoms with Crippen molar-refractivity contribution < 1.29 is 13.9 Å². The van der Waals surface area contributed by atoms with E-state index >= 15 is 0 Å². The highest BCUT2D eigenvalue weighted by Crippen LogP contribution is 2.28. The van der Waals surface area contributed by atoms with Gasteiger partial charge in [0.15, 0.2) is 5.78 Å². The Morgan fingerprint density at radius 3 is 2.59 bits per heavy atom. The van der Waals surface area contributed by atoms with Crippen molar-refractivity contribution >= 4 is 29.0 Å². The lowest BCUT2D eigenvalue weighted by Gasteiger charge is -2.18. The minimum absolute atomic E-state index is 0.210. The molecular weight excluding hydrogens is 266 g/mol. The van der Waals surface area contributed by atoms with Gasteiger partial charge < -0.3 is 4.74 Å². The summed E-state index contributed by atoms with van der Waals surface area (Å²) >= 11 is 11.6. The van der Waals surface area contributed by atoms with E-state index < -0.39 is 12.1 Å². The van der Waals surface area contributed by atoms with Gasteiger partial charge in [-0.15, -0.1) is 0 Å². The van der Waals surface area contributed by atoms with Crippen molar-refractivity contribution in [2.45, 2.75) is 13.8 Å². The summed E-state index contributed by atoms with van der Waals surface area (Å²) in [5.41, 5.74) is -1.03. The SMILES string of the molecule is CC(C)(CF)C(=O)COc1ccc(Cl)cc1Cl. The Labute approximate surface area is 110 Å². The van der Waals surface area contributed by atoms with Gasteiger partial charge in [0.25, 0.3) is 0 Å². The number of carbonyl (C=O) groups is 1. The van der Waals surface area contributed by atoms with Crippen molar-refractivity contribution in [2.24, 2.45) is 5.41 Å². The maximum absolute atomic E-state index is 12.6. The van der Waals surface area contributed by atoms with E-state index in [1.807, 2.05) is 0 Å². The number of alkyl halides is 1. The van der Waals surface area contributed by atoms with Crippen LogP contribution in [0.2, 0.25) is 10.0 Å². The Bertz CT molecular complexity index is 419. The molecule has 17 heavy (non-hydrogen) atoms. The van der Waals surface area contributed by atoms with Crippen molar-refractivity contribution in [3.8, 4) is 5.75 Å². The normalized spacial score (nSPS) is 11.4. The molecule has 0 unspecified atom stereocenters. The van der Waals surface area contributed by atoms with Gasteiger partial charge in [-0.2, -0.15) is 0 Å². The Morgan fingerprint density at radius 1 is 1.41 bits per heavy atom. The Hall–Kier alpha value is -0.800. The van der Waals surface area contributed by atoms with Gasteiger partial charge in [-0.05, 0) is 18.2 Å². The quantitative estimate of drug-likeness (QED) is 0.816. The van der Waals surface area contributed by atoms with Crippen LogP contribution in [0.4, 0.5) is 4.39 Å². The Kier molecular flexibility index (Phi) is 4.78. The van der Waals surface area contributed by atoms with Crippen molar-refractivity contribution in [1.82, 2.24) is 0 Å². The molecular formula is C12H13Cl2FO2. The monoisotopic (exact) mass is 278 g/mol. The molecule has 0 N–H and O–H groups in total. The number of halogens is 3. The molecule has 0 atom stereocenters. The highest BCUT2D eigenvalue weighted by molar-refractivity contribution is 6.35. The number of ether oxygens (including phenoxy) is 1. The Balaban J connectivity index is 2.65. The molecule has 0 saturated heterocycles. The minimum atomic E-state index is -1.03. The van der Waals surface area contributed by atoms with E-state index in [9.17, 15) is 9.18 Å². The van der Waals surface area contributed by atoms with Crippen molar-refractivity contribution in [3.05, 3.63) is 28.2 Å². The molecule has 0 aliphatic heterocycles. The Morgan fingerprint density at radius 2 is 2.06 bits per heavy atom. The highest BCUT2D eigenvalue weighted by atomic mass is 35.5. The summed E-state index contributed by atoms with van der Waals surface area (Å²) in [6.07, 6.45) is 0. The summed E-state index contributed by atoms with van der Waals surface area (Å²) < 4.78 is 17.8. The van der Waals surface area contributed by atoms with E-state index in [0.717, 1.165) is 0 Å². The molecule has 2 nitrogen and oxygen atoms in total. The zero-order chi connectivity index (χ0) is 13.1. The molecule has 0 fully saturated rings. The lowest BCUT2D eigenvalue weighted by Crippen LogP contribution is -2.31. The van der Waals surface area contributed by atoms with Crippen molar-refractivity contribution in [3.63, 3.8) is 0 Å². The fraction of sp³-hybridized carbons (Fsp3) is 0.417. The highest BCUT2D eigenvalue weighted by Gasteiger charge is 2.27. The molecule has 5 heteroatoms. The van der Waals surface area contributed by atoms with Crippen LogP contribution in [0.25, 0.3) is 0 Å². The summed E-state index contributed by atoms with van der Waals surface area (Å²) in [4.78, 5) is 11.6. The van der Waals surface area contributed by atoms with Gasteiger partial charge in [0.05, 0.1) is 10.4 Å². The molecule has 0 amide bonds. The van der Waals surface area contributed by atoms with Gasteiger partial charge in [0.1, 0.15) is 19.0 Å². The maximum atomic E-state index is 12.6. The van der Waals surface area contributed by atoms with E-state index in [1.54, 1.807) is 12.1 Å². The molecule has 0 radical (unpaired) electrons. The number of Topliss-reactive ketones (excluding diaryl/α,β-unsaturated/α-hetero) is 1. The molecule has 0 aliphatic carbocycles. The van der Waals surface area contributed by atoms with Gasteiger partial charge in [0.2, 0.25) is 0 Å². The molecule has 1 aromatic rings. The molecule has 0 saturated carbocycles. The third-order valence-electron chi connectivity index (χ3n) is 2.34. The molecule has 94 valence electrons. The zero-order valence-corrected chi connectivity index (χ0v) is 11.1. The number of hydrogen-bond acceptors (Lipinski definition) is 2. The van der Waals surface area contributed by atoms with E-state index in [1.165, 1.54) is 19.9 Å². The number of ketones is 1. The number of rotatable bonds is 5. The number of hydrogen-bond donors (Lipinski definition) is 0. The lowest BCUT2D eigenvalue weighted by atomic mass is 9.90. The lowest BCUT2D eigenvalue weighted by molar-refractivity contribution is -0.129. The average molecular weight is 279 g/mol. The standard InChI is InChI=1S/C12H13Cl2FO2/c1-12(2,7-15)11(16)6-17-10-4-3-8(13)5-9(10)14/h3-5H,6-7H2,1-2H3. The van der Waals surface area contributed by atoms with Gasteiger partial charge in [-0.3, -0.25) is 9.18 Å². The molecule has 1 aromatic carbocycles. The minimum Gasteiger partial charge on any atom is -0.484 e. The molecule has 0 heterocycles.